The Morgan fingerprint density at radius 3 is 2.88 bits per heavy atom. The highest BCUT2D eigenvalue weighted by molar-refractivity contribution is 6.30. The third-order valence-electron chi connectivity index (χ3n) is 3.00. The molecule has 2 aromatic heterocycles. The van der Waals surface area contributed by atoms with Gasteiger partial charge in [0.2, 0.25) is 0 Å². The Morgan fingerprint density at radius 2 is 2.19 bits per heavy atom. The average molecular weight is 235 g/mol. The van der Waals surface area contributed by atoms with Crippen molar-refractivity contribution in [3.05, 3.63) is 23.6 Å². The first-order valence-corrected chi connectivity index (χ1v) is 5.67. The third kappa shape index (κ3) is 1.41. The summed E-state index contributed by atoms with van der Waals surface area (Å²) in [4.78, 5) is 15.2. The smallest absolute Gasteiger partial charge is 0.158 e. The number of pyridine rings is 1. The maximum Gasteiger partial charge on any atom is 0.158 e. The number of fused-ring (bicyclic) bond motifs is 1. The van der Waals surface area contributed by atoms with Crippen molar-refractivity contribution in [3.63, 3.8) is 0 Å². The minimum absolute atomic E-state index is 0.474. The minimum atomic E-state index is 0.474. The van der Waals surface area contributed by atoms with Gasteiger partial charge >= 0.3 is 0 Å². The normalized spacial score (nSPS) is 19.9. The molecule has 2 aromatic rings. The van der Waals surface area contributed by atoms with E-state index in [-0.39, 0.29) is 0 Å². The van der Waals surface area contributed by atoms with Crippen molar-refractivity contribution < 1.29 is 0 Å². The van der Waals surface area contributed by atoms with Crippen LogP contribution in [-0.4, -0.2) is 27.5 Å². The van der Waals surface area contributed by atoms with Gasteiger partial charge in [-0.25, -0.2) is 9.97 Å². The molecule has 16 heavy (non-hydrogen) atoms. The molecule has 82 valence electrons. The molecule has 1 atom stereocenters. The van der Waals surface area contributed by atoms with E-state index in [4.69, 9.17) is 11.6 Å². The summed E-state index contributed by atoms with van der Waals surface area (Å²) in [5.74, 6) is 0.856. The van der Waals surface area contributed by atoms with Crippen molar-refractivity contribution in [1.29, 1.82) is 0 Å². The topological polar surface area (TPSA) is 41.9 Å². The summed E-state index contributed by atoms with van der Waals surface area (Å²) in [5.41, 5.74) is 1.63. The van der Waals surface area contributed by atoms with Gasteiger partial charge in [0.05, 0.1) is 5.52 Å². The van der Waals surface area contributed by atoms with E-state index in [0.717, 1.165) is 23.4 Å². The molecule has 1 saturated heterocycles. The zero-order valence-corrected chi connectivity index (χ0v) is 9.65. The highest BCUT2D eigenvalue weighted by atomic mass is 35.5. The SMILES string of the molecule is C[C@H]1CCN1c1nc(Cl)cc2nccnc12. The molecule has 0 spiro atoms. The van der Waals surface area contributed by atoms with Gasteiger partial charge in [-0.1, -0.05) is 11.6 Å². The fraction of sp³-hybridized carbons (Fsp3) is 0.364. The Bertz CT molecular complexity index is 542. The second-order valence-corrected chi connectivity index (χ2v) is 4.41. The monoisotopic (exact) mass is 234 g/mol. The number of rotatable bonds is 1. The summed E-state index contributed by atoms with van der Waals surface area (Å²) in [5, 5.41) is 0.474. The van der Waals surface area contributed by atoms with E-state index < -0.39 is 0 Å². The van der Waals surface area contributed by atoms with Gasteiger partial charge in [-0.2, -0.15) is 0 Å². The first kappa shape index (κ1) is 9.78. The van der Waals surface area contributed by atoms with Gasteiger partial charge in [0.25, 0.3) is 0 Å². The maximum absolute atomic E-state index is 5.99. The van der Waals surface area contributed by atoms with Gasteiger partial charge in [-0.05, 0) is 13.3 Å². The number of nitrogens with zero attached hydrogens (tertiary/aromatic N) is 4. The summed E-state index contributed by atoms with van der Waals surface area (Å²) < 4.78 is 0. The zero-order chi connectivity index (χ0) is 11.1. The Balaban J connectivity index is 2.22. The highest BCUT2D eigenvalue weighted by Crippen LogP contribution is 2.30. The van der Waals surface area contributed by atoms with E-state index in [1.165, 1.54) is 6.42 Å². The van der Waals surface area contributed by atoms with Crippen molar-refractivity contribution in [1.82, 2.24) is 15.0 Å². The summed E-state index contributed by atoms with van der Waals surface area (Å²) in [6, 6.07) is 2.26. The van der Waals surface area contributed by atoms with E-state index >= 15 is 0 Å². The standard InChI is InChI=1S/C11H11ClN4/c1-7-2-5-16(7)11-10-8(6-9(12)15-11)13-3-4-14-10/h3-4,6-7H,2,5H2,1H3/t7-/m0/s1. The summed E-state index contributed by atoms with van der Waals surface area (Å²) >= 11 is 5.99. The molecule has 5 heteroatoms. The van der Waals surface area contributed by atoms with Crippen LogP contribution in [0.3, 0.4) is 0 Å². The second kappa shape index (κ2) is 3.56. The van der Waals surface area contributed by atoms with Crippen LogP contribution in [0.5, 0.6) is 0 Å². The Hall–Kier alpha value is -1.42. The Labute approximate surface area is 98.3 Å². The second-order valence-electron chi connectivity index (χ2n) is 4.02. The molecule has 1 aliphatic heterocycles. The van der Waals surface area contributed by atoms with Crippen LogP contribution in [0.15, 0.2) is 18.5 Å². The average Bonchev–Trinajstić information content (AvgIpc) is 2.27. The summed E-state index contributed by atoms with van der Waals surface area (Å²) in [7, 11) is 0. The van der Waals surface area contributed by atoms with Gasteiger partial charge in [0.15, 0.2) is 5.82 Å². The van der Waals surface area contributed by atoms with Gasteiger partial charge in [-0.3, -0.25) is 4.98 Å². The van der Waals surface area contributed by atoms with E-state index in [1.54, 1.807) is 18.5 Å². The molecule has 0 unspecified atom stereocenters. The lowest BCUT2D eigenvalue weighted by molar-refractivity contribution is 0.477. The predicted molar refractivity (Wildman–Crippen MR) is 63.8 cm³/mol. The lowest BCUT2D eigenvalue weighted by atomic mass is 10.1. The largest absolute Gasteiger partial charge is 0.352 e. The van der Waals surface area contributed by atoms with Crippen LogP contribution < -0.4 is 4.90 Å². The molecule has 0 aliphatic carbocycles. The predicted octanol–water partition coefficient (Wildman–Crippen LogP) is 2.28. The van der Waals surface area contributed by atoms with Crippen LogP contribution in [-0.2, 0) is 0 Å². The molecule has 1 fully saturated rings. The number of hydrogen-bond donors (Lipinski definition) is 0. The first-order valence-electron chi connectivity index (χ1n) is 5.29. The van der Waals surface area contributed by atoms with E-state index in [2.05, 4.69) is 26.8 Å². The molecule has 1 aliphatic rings. The summed E-state index contributed by atoms with van der Waals surface area (Å²) in [6.07, 6.45) is 4.55. The molecule has 4 nitrogen and oxygen atoms in total. The van der Waals surface area contributed by atoms with Crippen molar-refractivity contribution in [2.24, 2.45) is 0 Å². The fourth-order valence-corrected chi connectivity index (χ4v) is 2.14. The van der Waals surface area contributed by atoms with Gasteiger partial charge in [0, 0.05) is 31.0 Å². The number of aromatic nitrogens is 3. The number of anilines is 1. The molecular weight excluding hydrogens is 224 g/mol. The zero-order valence-electron chi connectivity index (χ0n) is 8.89. The molecule has 0 N–H and O–H groups in total. The number of halogens is 1. The van der Waals surface area contributed by atoms with Crippen molar-refractivity contribution in [2.45, 2.75) is 19.4 Å². The van der Waals surface area contributed by atoms with Gasteiger partial charge in [-0.15, -0.1) is 0 Å². The minimum Gasteiger partial charge on any atom is -0.352 e. The molecule has 0 radical (unpaired) electrons. The van der Waals surface area contributed by atoms with Crippen LogP contribution in [0.2, 0.25) is 5.15 Å². The van der Waals surface area contributed by atoms with Gasteiger partial charge in [0.1, 0.15) is 10.7 Å². The molecule has 0 aromatic carbocycles. The maximum atomic E-state index is 5.99. The fourth-order valence-electron chi connectivity index (χ4n) is 1.96. The quantitative estimate of drug-likeness (QED) is 0.710. The van der Waals surface area contributed by atoms with E-state index in [1.807, 2.05) is 0 Å². The van der Waals surface area contributed by atoms with E-state index in [0.29, 0.717) is 11.2 Å². The van der Waals surface area contributed by atoms with Crippen molar-refractivity contribution in [2.75, 3.05) is 11.4 Å². The van der Waals surface area contributed by atoms with E-state index in [9.17, 15) is 0 Å². The lowest BCUT2D eigenvalue weighted by Gasteiger charge is -2.39. The summed E-state index contributed by atoms with van der Waals surface area (Å²) in [6.45, 7) is 3.19. The lowest BCUT2D eigenvalue weighted by Crippen LogP contribution is -2.46. The van der Waals surface area contributed by atoms with Crippen molar-refractivity contribution >= 4 is 28.5 Å². The van der Waals surface area contributed by atoms with Gasteiger partial charge < -0.3 is 4.90 Å². The highest BCUT2D eigenvalue weighted by Gasteiger charge is 2.27. The van der Waals surface area contributed by atoms with Crippen LogP contribution in [0.25, 0.3) is 11.0 Å². The van der Waals surface area contributed by atoms with Crippen LogP contribution in [0.4, 0.5) is 5.82 Å². The first-order chi connectivity index (χ1) is 7.75. The Morgan fingerprint density at radius 1 is 1.38 bits per heavy atom. The molecule has 0 saturated carbocycles. The Kier molecular flexibility index (Phi) is 2.17. The number of hydrogen-bond acceptors (Lipinski definition) is 4. The van der Waals surface area contributed by atoms with Crippen LogP contribution in [0.1, 0.15) is 13.3 Å². The molecule has 0 amide bonds. The van der Waals surface area contributed by atoms with Crippen LogP contribution in [0, 0.1) is 0 Å². The van der Waals surface area contributed by atoms with Crippen molar-refractivity contribution in [3.8, 4) is 0 Å². The molecule has 0 bridgehead atoms. The molecular formula is C11H11ClN4. The molecule has 3 rings (SSSR count). The molecule has 3 heterocycles. The van der Waals surface area contributed by atoms with Crippen LogP contribution >= 0.6 is 11.6 Å². The third-order valence-corrected chi connectivity index (χ3v) is 3.19.